The number of nitrogens with zero attached hydrogens (tertiary/aromatic N) is 3. The van der Waals surface area contributed by atoms with E-state index in [1.165, 1.54) is 0 Å². The molecule has 0 aliphatic heterocycles. The highest BCUT2D eigenvalue weighted by atomic mass is 35.5. The lowest BCUT2D eigenvalue weighted by Gasteiger charge is -2.13. The van der Waals surface area contributed by atoms with Crippen molar-refractivity contribution in [3.05, 3.63) is 74.4 Å². The Balaban J connectivity index is 1.99. The predicted octanol–water partition coefficient (Wildman–Crippen LogP) is 8.48. The molecular formula is C24H22Cl3N3S. The second-order valence-electron chi connectivity index (χ2n) is 8.30. The summed E-state index contributed by atoms with van der Waals surface area (Å²) >= 11 is 20.6. The Morgan fingerprint density at radius 1 is 0.968 bits per heavy atom. The van der Waals surface area contributed by atoms with Gasteiger partial charge in [-0.15, -0.1) is 11.3 Å². The summed E-state index contributed by atoms with van der Waals surface area (Å²) in [5.74, 6) is 0.765. The third-order valence-corrected chi connectivity index (χ3v) is 7.17. The molecule has 0 atom stereocenters. The maximum Gasteiger partial charge on any atom is 0.147 e. The topological polar surface area (TPSA) is 30.7 Å². The Bertz CT molecular complexity index is 1230. The number of hydrogen-bond donors (Lipinski definition) is 0. The first-order chi connectivity index (χ1) is 14.7. The first-order valence-corrected chi connectivity index (χ1v) is 11.9. The molecule has 3 nitrogen and oxygen atoms in total. The average Bonchev–Trinajstić information content (AvgIpc) is 3.33. The predicted molar refractivity (Wildman–Crippen MR) is 133 cm³/mol. The van der Waals surface area contributed by atoms with Gasteiger partial charge < -0.3 is 0 Å². The summed E-state index contributed by atoms with van der Waals surface area (Å²) in [6.45, 7) is 8.64. The molecule has 0 N–H and O–H groups in total. The molecule has 2 aromatic heterocycles. The SMILES string of the molecule is CCc1c(-c2cnc(C(C)(C)C)s2)nc(-c2ccc(Cl)cc2Cl)n1-c1ccc(Cl)cc1. The second-order valence-corrected chi connectivity index (χ2v) is 10.6. The molecule has 0 saturated carbocycles. The Labute approximate surface area is 201 Å². The molecule has 0 bridgehead atoms. The van der Waals surface area contributed by atoms with Gasteiger partial charge in [0.15, 0.2) is 0 Å². The van der Waals surface area contributed by atoms with E-state index in [4.69, 9.17) is 39.8 Å². The molecule has 0 spiro atoms. The number of thiazole rings is 1. The zero-order valence-electron chi connectivity index (χ0n) is 17.7. The minimum atomic E-state index is -0.0175. The van der Waals surface area contributed by atoms with E-state index in [1.54, 1.807) is 17.4 Å². The molecule has 0 aliphatic rings. The number of imidazole rings is 1. The van der Waals surface area contributed by atoms with Crippen LogP contribution < -0.4 is 0 Å². The number of hydrogen-bond acceptors (Lipinski definition) is 3. The van der Waals surface area contributed by atoms with E-state index < -0.39 is 0 Å². The van der Waals surface area contributed by atoms with Crippen molar-refractivity contribution >= 4 is 46.1 Å². The highest BCUT2D eigenvalue weighted by Gasteiger charge is 2.25. The Morgan fingerprint density at radius 3 is 2.23 bits per heavy atom. The van der Waals surface area contributed by atoms with Crippen molar-refractivity contribution in [2.75, 3.05) is 0 Å². The van der Waals surface area contributed by atoms with Gasteiger partial charge in [0.2, 0.25) is 0 Å². The molecule has 2 aromatic carbocycles. The Hall–Kier alpha value is -1.85. The highest BCUT2D eigenvalue weighted by Crippen LogP contribution is 2.39. The van der Waals surface area contributed by atoms with Gasteiger partial charge in [-0.25, -0.2) is 9.97 Å². The van der Waals surface area contributed by atoms with Gasteiger partial charge in [0.25, 0.3) is 0 Å². The highest BCUT2D eigenvalue weighted by molar-refractivity contribution is 7.15. The van der Waals surface area contributed by atoms with Crippen LogP contribution in [0.2, 0.25) is 15.1 Å². The Kier molecular flexibility index (Phi) is 6.19. The number of halogens is 3. The van der Waals surface area contributed by atoms with Crippen LogP contribution in [0.3, 0.4) is 0 Å². The summed E-state index contributed by atoms with van der Waals surface area (Å²) < 4.78 is 2.15. The molecule has 0 aliphatic carbocycles. The molecule has 0 saturated heterocycles. The lowest BCUT2D eigenvalue weighted by atomic mass is 9.98. The largest absolute Gasteiger partial charge is 0.296 e. The molecular weight excluding hydrogens is 469 g/mol. The van der Waals surface area contributed by atoms with Crippen LogP contribution in [0.1, 0.15) is 38.4 Å². The van der Waals surface area contributed by atoms with Crippen LogP contribution in [-0.4, -0.2) is 14.5 Å². The molecule has 2 heterocycles. The summed E-state index contributed by atoms with van der Waals surface area (Å²) in [6, 6.07) is 13.2. The summed E-state index contributed by atoms with van der Waals surface area (Å²) in [5, 5.41) is 2.91. The van der Waals surface area contributed by atoms with E-state index >= 15 is 0 Å². The smallest absolute Gasteiger partial charge is 0.147 e. The summed E-state index contributed by atoms with van der Waals surface area (Å²) in [5.41, 5.74) is 3.79. The van der Waals surface area contributed by atoms with Crippen LogP contribution in [0.15, 0.2) is 48.7 Å². The second kappa shape index (κ2) is 8.59. The zero-order chi connectivity index (χ0) is 22.3. The first kappa shape index (κ1) is 22.3. The molecule has 0 amide bonds. The van der Waals surface area contributed by atoms with Crippen molar-refractivity contribution in [2.45, 2.75) is 39.5 Å². The minimum Gasteiger partial charge on any atom is -0.296 e. The van der Waals surface area contributed by atoms with Gasteiger partial charge in [0.1, 0.15) is 11.5 Å². The Morgan fingerprint density at radius 2 is 1.65 bits per heavy atom. The third kappa shape index (κ3) is 4.40. The van der Waals surface area contributed by atoms with E-state index in [2.05, 4.69) is 37.2 Å². The quantitative estimate of drug-likeness (QED) is 0.287. The molecule has 4 aromatic rings. The maximum absolute atomic E-state index is 6.59. The first-order valence-electron chi connectivity index (χ1n) is 9.98. The van der Waals surface area contributed by atoms with Crippen LogP contribution in [0.25, 0.3) is 27.6 Å². The van der Waals surface area contributed by atoms with Crippen molar-refractivity contribution < 1.29 is 0 Å². The van der Waals surface area contributed by atoms with E-state index in [9.17, 15) is 0 Å². The monoisotopic (exact) mass is 489 g/mol. The molecule has 160 valence electrons. The fourth-order valence-corrected chi connectivity index (χ4v) is 5.03. The van der Waals surface area contributed by atoms with Gasteiger partial charge >= 0.3 is 0 Å². The summed E-state index contributed by atoms with van der Waals surface area (Å²) in [6.07, 6.45) is 2.71. The average molecular weight is 491 g/mol. The van der Waals surface area contributed by atoms with Crippen LogP contribution >= 0.6 is 46.1 Å². The van der Waals surface area contributed by atoms with Crippen molar-refractivity contribution in [3.8, 4) is 27.6 Å². The van der Waals surface area contributed by atoms with Crippen molar-refractivity contribution in [2.24, 2.45) is 0 Å². The number of rotatable bonds is 4. The zero-order valence-corrected chi connectivity index (χ0v) is 20.8. The van der Waals surface area contributed by atoms with Crippen LogP contribution in [0.5, 0.6) is 0 Å². The number of aromatic nitrogens is 3. The van der Waals surface area contributed by atoms with E-state index in [0.29, 0.717) is 15.1 Å². The minimum absolute atomic E-state index is 0.0175. The van der Waals surface area contributed by atoms with Crippen molar-refractivity contribution in [1.29, 1.82) is 0 Å². The molecule has 0 fully saturated rings. The van der Waals surface area contributed by atoms with Crippen molar-refractivity contribution in [1.82, 2.24) is 14.5 Å². The molecule has 0 radical (unpaired) electrons. The fraction of sp³-hybridized carbons (Fsp3) is 0.250. The van der Waals surface area contributed by atoms with Gasteiger partial charge in [-0.3, -0.25) is 4.57 Å². The lowest BCUT2D eigenvalue weighted by Crippen LogP contribution is -2.09. The molecule has 0 unspecified atom stereocenters. The maximum atomic E-state index is 6.59. The lowest BCUT2D eigenvalue weighted by molar-refractivity contribution is 0.585. The van der Waals surface area contributed by atoms with E-state index in [1.807, 2.05) is 42.6 Å². The normalized spacial score (nSPS) is 11.8. The third-order valence-electron chi connectivity index (χ3n) is 4.95. The van der Waals surface area contributed by atoms with Crippen LogP contribution in [-0.2, 0) is 11.8 Å². The standard InChI is InChI=1S/C24H22Cl3N3S/c1-5-19-21(20-13-28-23(31-20)24(2,3)4)29-22(17-11-8-15(26)12-18(17)27)30(19)16-9-6-14(25)7-10-16/h6-13H,5H2,1-4H3. The van der Waals surface area contributed by atoms with Gasteiger partial charge in [-0.2, -0.15) is 0 Å². The van der Waals surface area contributed by atoms with E-state index in [0.717, 1.165) is 44.8 Å². The molecule has 4 rings (SSSR count). The van der Waals surface area contributed by atoms with Gasteiger partial charge in [-0.1, -0.05) is 62.5 Å². The van der Waals surface area contributed by atoms with Crippen LogP contribution in [0, 0.1) is 0 Å². The summed E-state index contributed by atoms with van der Waals surface area (Å²) in [7, 11) is 0. The fourth-order valence-electron chi connectivity index (χ4n) is 3.43. The molecule has 31 heavy (non-hydrogen) atoms. The number of benzene rings is 2. The van der Waals surface area contributed by atoms with Gasteiger partial charge in [-0.05, 0) is 48.9 Å². The van der Waals surface area contributed by atoms with Gasteiger partial charge in [0, 0.05) is 32.9 Å². The van der Waals surface area contributed by atoms with Crippen molar-refractivity contribution in [3.63, 3.8) is 0 Å². The van der Waals surface area contributed by atoms with Gasteiger partial charge in [0.05, 0.1) is 20.6 Å². The summed E-state index contributed by atoms with van der Waals surface area (Å²) in [4.78, 5) is 10.8. The molecule has 7 heteroatoms. The van der Waals surface area contributed by atoms with Crippen LogP contribution in [0.4, 0.5) is 0 Å². The van der Waals surface area contributed by atoms with E-state index in [-0.39, 0.29) is 5.41 Å².